The van der Waals surface area contributed by atoms with Gasteiger partial charge < -0.3 is 5.11 Å². The third-order valence-electron chi connectivity index (χ3n) is 1.95. The van der Waals surface area contributed by atoms with Crippen molar-refractivity contribution in [1.82, 2.24) is 4.98 Å². The Balaban J connectivity index is 2.64. The molecule has 1 rings (SSSR count). The van der Waals surface area contributed by atoms with Gasteiger partial charge in [0.15, 0.2) is 0 Å². The number of hydrogen-bond donors (Lipinski definition) is 2. The van der Waals surface area contributed by atoms with Crippen LogP contribution in [0.4, 0.5) is 13.2 Å². The van der Waals surface area contributed by atoms with Gasteiger partial charge in [-0.25, -0.2) is 9.87 Å². The van der Waals surface area contributed by atoms with Crippen molar-refractivity contribution >= 4 is 11.3 Å². The minimum Gasteiger partial charge on any atom is -0.377 e. The standard InChI is InChI=1S/C8H11F3N2O4S/c1-4-5(2-3-15-17-16-12)18-7(13-4)6(14)8(9,10)11/h6,14H,2-3,12H2,1H3. The molecule has 0 bridgehead atoms. The molecule has 0 aliphatic carbocycles. The summed E-state index contributed by atoms with van der Waals surface area (Å²) in [7, 11) is 0. The zero-order valence-corrected chi connectivity index (χ0v) is 10.0. The van der Waals surface area contributed by atoms with Gasteiger partial charge in [0, 0.05) is 11.3 Å². The Labute approximate surface area is 104 Å². The minimum atomic E-state index is -4.73. The van der Waals surface area contributed by atoms with Crippen molar-refractivity contribution in [2.75, 3.05) is 6.61 Å². The first kappa shape index (κ1) is 15.3. The Morgan fingerprint density at radius 3 is 2.72 bits per heavy atom. The van der Waals surface area contributed by atoms with Crippen LogP contribution in [-0.2, 0) is 21.3 Å². The van der Waals surface area contributed by atoms with Crippen LogP contribution in [0.1, 0.15) is 21.7 Å². The lowest BCUT2D eigenvalue weighted by Gasteiger charge is -2.10. The lowest BCUT2D eigenvalue weighted by atomic mass is 10.3. The molecule has 18 heavy (non-hydrogen) atoms. The van der Waals surface area contributed by atoms with E-state index < -0.39 is 17.3 Å². The van der Waals surface area contributed by atoms with Crippen molar-refractivity contribution in [2.45, 2.75) is 25.6 Å². The van der Waals surface area contributed by atoms with Gasteiger partial charge in [0.2, 0.25) is 6.10 Å². The molecule has 0 aliphatic rings. The van der Waals surface area contributed by atoms with Crippen LogP contribution < -0.4 is 5.90 Å². The molecule has 1 heterocycles. The first-order chi connectivity index (χ1) is 8.36. The molecule has 10 heteroatoms. The van der Waals surface area contributed by atoms with Crippen molar-refractivity contribution in [3.05, 3.63) is 15.6 Å². The van der Waals surface area contributed by atoms with E-state index in [0.29, 0.717) is 10.6 Å². The highest BCUT2D eigenvalue weighted by Gasteiger charge is 2.41. The maximum absolute atomic E-state index is 12.3. The van der Waals surface area contributed by atoms with E-state index in [1.165, 1.54) is 0 Å². The Kier molecular flexibility index (Phi) is 5.44. The zero-order chi connectivity index (χ0) is 13.8. The Morgan fingerprint density at radius 2 is 2.17 bits per heavy atom. The topological polar surface area (TPSA) is 86.8 Å². The highest BCUT2D eigenvalue weighted by molar-refractivity contribution is 7.11. The largest absolute Gasteiger partial charge is 0.420 e. The van der Waals surface area contributed by atoms with E-state index in [1.807, 2.05) is 0 Å². The first-order valence-corrected chi connectivity index (χ1v) is 5.54. The van der Waals surface area contributed by atoms with Gasteiger partial charge in [-0.2, -0.15) is 19.1 Å². The van der Waals surface area contributed by atoms with Crippen LogP contribution in [0.5, 0.6) is 0 Å². The van der Waals surface area contributed by atoms with E-state index in [-0.39, 0.29) is 13.0 Å². The Hall–Kier alpha value is -0.780. The number of halogens is 3. The molecule has 1 unspecified atom stereocenters. The Morgan fingerprint density at radius 1 is 1.50 bits per heavy atom. The Bertz CT molecular complexity index is 385. The van der Waals surface area contributed by atoms with E-state index in [4.69, 9.17) is 5.11 Å². The van der Waals surface area contributed by atoms with E-state index in [9.17, 15) is 13.2 Å². The summed E-state index contributed by atoms with van der Waals surface area (Å²) in [6.45, 7) is 1.57. The second-order valence-corrected chi connectivity index (χ2v) is 4.36. The van der Waals surface area contributed by atoms with Gasteiger partial charge in [0.05, 0.1) is 12.3 Å². The van der Waals surface area contributed by atoms with Crippen LogP contribution in [0.3, 0.4) is 0 Å². The molecule has 0 fully saturated rings. The molecule has 1 aromatic rings. The fourth-order valence-electron chi connectivity index (χ4n) is 1.14. The average molecular weight is 288 g/mol. The number of alkyl halides is 3. The highest BCUT2D eigenvalue weighted by Crippen LogP contribution is 2.35. The molecular weight excluding hydrogens is 277 g/mol. The fourth-order valence-corrected chi connectivity index (χ4v) is 2.19. The van der Waals surface area contributed by atoms with Crippen LogP contribution in [0.2, 0.25) is 0 Å². The fraction of sp³-hybridized carbons (Fsp3) is 0.625. The summed E-state index contributed by atoms with van der Waals surface area (Å²) in [5.74, 6) is 4.51. The normalized spacial score (nSPS) is 13.9. The zero-order valence-electron chi connectivity index (χ0n) is 9.23. The summed E-state index contributed by atoms with van der Waals surface area (Å²) in [6.07, 6.45) is -7.04. The molecule has 1 aromatic heterocycles. The number of nitrogens with zero attached hydrogens (tertiary/aromatic N) is 1. The number of nitrogens with two attached hydrogens (primary N) is 1. The molecule has 1 atom stereocenters. The van der Waals surface area contributed by atoms with Crippen molar-refractivity contribution < 1.29 is 33.2 Å². The molecule has 3 N–H and O–H groups in total. The molecule has 0 saturated carbocycles. The molecule has 0 aromatic carbocycles. The van der Waals surface area contributed by atoms with E-state index in [1.54, 1.807) is 6.92 Å². The van der Waals surface area contributed by atoms with Crippen molar-refractivity contribution in [2.24, 2.45) is 5.90 Å². The van der Waals surface area contributed by atoms with Gasteiger partial charge in [-0.15, -0.1) is 16.3 Å². The first-order valence-electron chi connectivity index (χ1n) is 4.72. The van der Waals surface area contributed by atoms with Crippen LogP contribution >= 0.6 is 11.3 Å². The number of rotatable bonds is 6. The summed E-state index contributed by atoms with van der Waals surface area (Å²) in [6, 6.07) is 0. The van der Waals surface area contributed by atoms with Gasteiger partial charge >= 0.3 is 6.18 Å². The lowest BCUT2D eigenvalue weighted by Crippen LogP contribution is -2.19. The second-order valence-electron chi connectivity index (χ2n) is 3.24. The van der Waals surface area contributed by atoms with E-state index >= 15 is 0 Å². The molecule has 0 radical (unpaired) electrons. The molecular formula is C8H11F3N2O4S. The van der Waals surface area contributed by atoms with Crippen LogP contribution in [0.25, 0.3) is 0 Å². The maximum Gasteiger partial charge on any atom is 0.420 e. The van der Waals surface area contributed by atoms with E-state index in [2.05, 4.69) is 25.8 Å². The van der Waals surface area contributed by atoms with Crippen molar-refractivity contribution in [3.8, 4) is 0 Å². The summed E-state index contributed by atoms with van der Waals surface area (Å²) < 4.78 is 36.8. The smallest absolute Gasteiger partial charge is 0.377 e. The molecule has 0 amide bonds. The summed E-state index contributed by atoms with van der Waals surface area (Å²) >= 11 is 0.764. The van der Waals surface area contributed by atoms with Gasteiger partial charge in [-0.3, -0.25) is 0 Å². The summed E-state index contributed by atoms with van der Waals surface area (Å²) in [5.41, 5.74) is 0.399. The van der Waals surface area contributed by atoms with E-state index in [0.717, 1.165) is 11.3 Å². The van der Waals surface area contributed by atoms with Gasteiger partial charge in [0.1, 0.15) is 5.01 Å². The van der Waals surface area contributed by atoms with Crippen LogP contribution in [0, 0.1) is 6.92 Å². The average Bonchev–Trinajstić information content (AvgIpc) is 2.64. The predicted octanol–water partition coefficient (Wildman–Crippen LogP) is 1.34. The number of hydrogen-bond acceptors (Lipinski definition) is 7. The maximum atomic E-state index is 12.3. The lowest BCUT2D eigenvalue weighted by molar-refractivity contribution is -0.516. The molecule has 6 nitrogen and oxygen atoms in total. The minimum absolute atomic E-state index is 0.0296. The number of aromatic nitrogens is 1. The molecule has 104 valence electrons. The van der Waals surface area contributed by atoms with Gasteiger partial charge in [0.25, 0.3) is 0 Å². The third-order valence-corrected chi connectivity index (χ3v) is 3.22. The van der Waals surface area contributed by atoms with Gasteiger partial charge in [-0.1, -0.05) is 0 Å². The van der Waals surface area contributed by atoms with Gasteiger partial charge in [-0.05, 0) is 12.0 Å². The predicted molar refractivity (Wildman–Crippen MR) is 53.9 cm³/mol. The van der Waals surface area contributed by atoms with Crippen molar-refractivity contribution in [3.63, 3.8) is 0 Å². The van der Waals surface area contributed by atoms with Crippen molar-refractivity contribution in [1.29, 1.82) is 0 Å². The number of aliphatic hydroxyl groups excluding tert-OH is 1. The van der Waals surface area contributed by atoms with Crippen LogP contribution in [-0.4, -0.2) is 22.9 Å². The monoisotopic (exact) mass is 288 g/mol. The molecule has 0 aliphatic heterocycles. The summed E-state index contributed by atoms with van der Waals surface area (Å²) in [4.78, 5) is 12.3. The number of aliphatic hydroxyl groups is 1. The SMILES string of the molecule is Cc1nc(C(O)C(F)(F)F)sc1CCOOON. The molecule has 0 saturated heterocycles. The molecule has 0 spiro atoms. The highest BCUT2D eigenvalue weighted by atomic mass is 32.1. The number of aryl methyl sites for hydroxylation is 1. The quantitative estimate of drug-likeness (QED) is 0.467. The second kappa shape index (κ2) is 6.41. The summed E-state index contributed by atoms with van der Waals surface area (Å²) in [5, 5.41) is 12.6. The van der Waals surface area contributed by atoms with Crippen LogP contribution in [0.15, 0.2) is 0 Å². The third kappa shape index (κ3) is 4.15. The number of thiazole rings is 1.